The molecule has 0 aliphatic carbocycles. The van der Waals surface area contributed by atoms with E-state index in [1.54, 1.807) is 0 Å². The normalized spacial score (nSPS) is 9.47. The predicted molar refractivity (Wildman–Crippen MR) is 56.6 cm³/mol. The largest absolute Gasteiger partial charge is 0.368 e. The van der Waals surface area contributed by atoms with Gasteiger partial charge in [-0.3, -0.25) is 0 Å². The number of nitrogen functional groups attached to an aromatic ring is 1. The van der Waals surface area contributed by atoms with E-state index >= 15 is 0 Å². The summed E-state index contributed by atoms with van der Waals surface area (Å²) in [5.41, 5.74) is 13.7. The van der Waals surface area contributed by atoms with Gasteiger partial charge in [-0.1, -0.05) is 0 Å². The van der Waals surface area contributed by atoms with Gasteiger partial charge in [0, 0.05) is 18.0 Å². The average molecular weight is 208 g/mol. The first-order valence-corrected chi connectivity index (χ1v) is 4.52. The number of anilines is 2. The Kier molecular flexibility index (Phi) is 3.64. The summed E-state index contributed by atoms with van der Waals surface area (Å²) < 4.78 is 0. The molecular weight excluding hydrogens is 196 g/mol. The minimum atomic E-state index is -0.00750. The van der Waals surface area contributed by atoms with Gasteiger partial charge in [-0.05, 0) is 24.5 Å². The average Bonchev–Trinajstić information content (AvgIpc) is 2.19. The molecule has 80 valence electrons. The third-order valence-electron chi connectivity index (χ3n) is 1.81. The van der Waals surface area contributed by atoms with Crippen molar-refractivity contribution in [3.05, 3.63) is 10.4 Å². The second kappa shape index (κ2) is 4.97. The van der Waals surface area contributed by atoms with Crippen LogP contribution in [0.3, 0.4) is 0 Å². The van der Waals surface area contributed by atoms with Crippen molar-refractivity contribution >= 4 is 17.8 Å². The molecule has 15 heavy (non-hydrogen) atoms. The van der Waals surface area contributed by atoms with Crippen molar-refractivity contribution in [3.63, 3.8) is 0 Å². The number of rotatable bonds is 4. The van der Waals surface area contributed by atoms with Crippen LogP contribution < -0.4 is 10.6 Å². The molecule has 0 atom stereocenters. The zero-order chi connectivity index (χ0) is 11.3. The first-order valence-electron chi connectivity index (χ1n) is 4.52. The van der Waals surface area contributed by atoms with E-state index in [9.17, 15) is 0 Å². The van der Waals surface area contributed by atoms with E-state index in [2.05, 4.69) is 25.0 Å². The first kappa shape index (κ1) is 11.0. The Morgan fingerprint density at radius 1 is 1.33 bits per heavy atom. The van der Waals surface area contributed by atoms with Crippen LogP contribution in [0, 0.1) is 0 Å². The zero-order valence-electron chi connectivity index (χ0n) is 8.62. The summed E-state index contributed by atoms with van der Waals surface area (Å²) in [4.78, 5) is 16.1. The molecule has 0 aliphatic rings. The van der Waals surface area contributed by atoms with Gasteiger partial charge in [0.25, 0.3) is 0 Å². The molecule has 2 N–H and O–H groups in total. The van der Waals surface area contributed by atoms with Crippen molar-refractivity contribution in [2.24, 2.45) is 5.11 Å². The maximum atomic E-state index is 8.26. The lowest BCUT2D eigenvalue weighted by molar-refractivity contribution is 0.814. The lowest BCUT2D eigenvalue weighted by Crippen LogP contribution is -2.24. The molecule has 8 heteroatoms. The van der Waals surface area contributed by atoms with Crippen LogP contribution in [-0.4, -0.2) is 28.0 Å². The van der Waals surface area contributed by atoms with E-state index < -0.39 is 0 Å². The van der Waals surface area contributed by atoms with Gasteiger partial charge in [-0.25, -0.2) is 0 Å². The molecule has 0 unspecified atom stereocenters. The number of azide groups is 1. The fraction of sp³-hybridized carbons (Fsp3) is 0.571. The Bertz CT molecular complexity index is 379. The standard InChI is InChI=1S/C7H12N8/c1-3-15(4-2)7-11-5(8)10-6(12-7)13-14-9/h3-4H2,1-2H3,(H2,8,10,11,12). The molecule has 0 aliphatic heterocycles. The number of aromatic nitrogens is 3. The molecule has 1 rings (SSSR count). The van der Waals surface area contributed by atoms with Crippen LogP contribution in [0.5, 0.6) is 0 Å². The minimum absolute atomic E-state index is 0.00750. The molecule has 8 nitrogen and oxygen atoms in total. The molecule has 0 bridgehead atoms. The van der Waals surface area contributed by atoms with Crippen molar-refractivity contribution in [1.29, 1.82) is 0 Å². The predicted octanol–water partition coefficient (Wildman–Crippen LogP) is 1.24. The fourth-order valence-electron chi connectivity index (χ4n) is 1.10. The molecule has 0 fully saturated rings. The van der Waals surface area contributed by atoms with Crippen LogP contribution in [0.4, 0.5) is 17.8 Å². The summed E-state index contributed by atoms with van der Waals surface area (Å²) in [5, 5.41) is 3.29. The maximum Gasteiger partial charge on any atom is 0.230 e. The molecule has 0 spiro atoms. The Hall–Kier alpha value is -2.08. The second-order valence-corrected chi connectivity index (χ2v) is 2.66. The van der Waals surface area contributed by atoms with Gasteiger partial charge < -0.3 is 10.6 Å². The van der Waals surface area contributed by atoms with Gasteiger partial charge in [-0.15, -0.1) is 0 Å². The van der Waals surface area contributed by atoms with E-state index in [0.29, 0.717) is 5.95 Å². The van der Waals surface area contributed by atoms with Crippen LogP contribution in [0.2, 0.25) is 0 Å². The smallest absolute Gasteiger partial charge is 0.230 e. The second-order valence-electron chi connectivity index (χ2n) is 2.66. The van der Waals surface area contributed by atoms with Crippen LogP contribution in [-0.2, 0) is 0 Å². The number of hydrogen-bond acceptors (Lipinski definition) is 6. The van der Waals surface area contributed by atoms with Gasteiger partial charge in [0.15, 0.2) is 0 Å². The molecule has 0 aromatic carbocycles. The van der Waals surface area contributed by atoms with Crippen molar-refractivity contribution in [3.8, 4) is 0 Å². The van der Waals surface area contributed by atoms with Gasteiger partial charge >= 0.3 is 0 Å². The monoisotopic (exact) mass is 208 g/mol. The molecule has 0 saturated heterocycles. The molecule has 1 aromatic heterocycles. The van der Waals surface area contributed by atoms with Crippen molar-refractivity contribution < 1.29 is 0 Å². The Morgan fingerprint density at radius 2 is 2.00 bits per heavy atom. The highest BCUT2D eigenvalue weighted by Crippen LogP contribution is 2.13. The van der Waals surface area contributed by atoms with Crippen molar-refractivity contribution in [2.75, 3.05) is 23.7 Å². The van der Waals surface area contributed by atoms with Crippen molar-refractivity contribution in [1.82, 2.24) is 15.0 Å². The highest BCUT2D eigenvalue weighted by Gasteiger charge is 2.08. The molecular formula is C7H12N8. The van der Waals surface area contributed by atoms with Gasteiger partial charge in [0.05, 0.1) is 0 Å². The van der Waals surface area contributed by atoms with E-state index in [4.69, 9.17) is 11.3 Å². The summed E-state index contributed by atoms with van der Waals surface area (Å²) in [7, 11) is 0. The number of nitrogens with two attached hydrogens (primary N) is 1. The third-order valence-corrected chi connectivity index (χ3v) is 1.81. The Labute approximate surface area is 86.8 Å². The summed E-state index contributed by atoms with van der Waals surface area (Å²) >= 11 is 0. The maximum absolute atomic E-state index is 8.26. The van der Waals surface area contributed by atoms with Gasteiger partial charge in [0.1, 0.15) is 0 Å². The molecule has 0 amide bonds. The van der Waals surface area contributed by atoms with Crippen LogP contribution in [0.25, 0.3) is 10.4 Å². The van der Waals surface area contributed by atoms with Crippen molar-refractivity contribution in [2.45, 2.75) is 13.8 Å². The third kappa shape index (κ3) is 2.68. The molecule has 1 aromatic rings. The SMILES string of the molecule is CCN(CC)c1nc(N)nc(N=[N+]=[N-])n1. The molecule has 0 saturated carbocycles. The van der Waals surface area contributed by atoms with E-state index in [1.807, 2.05) is 18.7 Å². The van der Waals surface area contributed by atoms with E-state index in [0.717, 1.165) is 13.1 Å². The highest BCUT2D eigenvalue weighted by atomic mass is 15.3. The van der Waals surface area contributed by atoms with Crippen LogP contribution >= 0.6 is 0 Å². The summed E-state index contributed by atoms with van der Waals surface area (Å²) in [5.74, 6) is 0.469. The fourth-order valence-corrected chi connectivity index (χ4v) is 1.10. The van der Waals surface area contributed by atoms with Crippen LogP contribution in [0.1, 0.15) is 13.8 Å². The topological polar surface area (TPSA) is 117 Å². The molecule has 1 heterocycles. The zero-order valence-corrected chi connectivity index (χ0v) is 8.62. The van der Waals surface area contributed by atoms with E-state index in [-0.39, 0.29) is 11.9 Å². The Balaban J connectivity index is 3.12. The van der Waals surface area contributed by atoms with Gasteiger partial charge in [-0.2, -0.15) is 15.0 Å². The number of nitrogens with zero attached hydrogens (tertiary/aromatic N) is 7. The first-order chi connectivity index (χ1) is 7.21. The highest BCUT2D eigenvalue weighted by molar-refractivity contribution is 5.38. The summed E-state index contributed by atoms with van der Waals surface area (Å²) in [6, 6.07) is 0. The minimum Gasteiger partial charge on any atom is -0.368 e. The quantitative estimate of drug-likeness (QED) is 0.453. The lowest BCUT2D eigenvalue weighted by Gasteiger charge is -2.18. The number of hydrogen-bond donors (Lipinski definition) is 1. The molecule has 0 radical (unpaired) electrons. The lowest BCUT2D eigenvalue weighted by atomic mass is 10.5. The summed E-state index contributed by atoms with van der Waals surface area (Å²) in [6.45, 7) is 5.43. The van der Waals surface area contributed by atoms with Crippen LogP contribution in [0.15, 0.2) is 5.11 Å². The summed E-state index contributed by atoms with van der Waals surface area (Å²) in [6.07, 6.45) is 0. The Morgan fingerprint density at radius 3 is 2.53 bits per heavy atom. The van der Waals surface area contributed by atoms with E-state index in [1.165, 1.54) is 0 Å². The van der Waals surface area contributed by atoms with Gasteiger partial charge in [0.2, 0.25) is 17.8 Å².